The summed E-state index contributed by atoms with van der Waals surface area (Å²) in [7, 11) is 3.42. The predicted molar refractivity (Wildman–Crippen MR) is 132 cm³/mol. The molecule has 1 fully saturated rings. The first kappa shape index (κ1) is 26.5. The summed E-state index contributed by atoms with van der Waals surface area (Å²) in [5.41, 5.74) is 2.22. The maximum atomic E-state index is 12.0. The fraction of sp³-hybridized carbons (Fsp3) is 0.636. The van der Waals surface area contributed by atoms with E-state index in [0.717, 1.165) is 36.1 Å². The minimum Gasteiger partial charge on any atom is -0.493 e. The molecule has 1 aliphatic carbocycles. The molecule has 1 aromatic rings. The number of hydrogen-bond donors (Lipinski definition) is 3. The lowest BCUT2D eigenvalue weighted by Crippen LogP contribution is -2.40. The molecule has 0 radical (unpaired) electrons. The number of aliphatic imine (C=N–C) groups is 1. The van der Waals surface area contributed by atoms with Crippen molar-refractivity contribution in [1.82, 2.24) is 16.0 Å². The van der Waals surface area contributed by atoms with Crippen LogP contribution < -0.4 is 20.7 Å². The highest BCUT2D eigenvalue weighted by Crippen LogP contribution is 2.20. The lowest BCUT2D eigenvalue weighted by molar-refractivity contribution is -0.121. The van der Waals surface area contributed by atoms with Gasteiger partial charge >= 0.3 is 0 Å². The predicted octanol–water partition coefficient (Wildman–Crippen LogP) is 3.14. The third-order valence-corrected chi connectivity index (χ3v) is 5.01. The Hall–Kier alpha value is -1.55. The Kier molecular flexibility index (Phi) is 13.5. The maximum Gasteiger partial charge on any atom is 0.221 e. The van der Waals surface area contributed by atoms with Crippen molar-refractivity contribution in [3.05, 3.63) is 29.3 Å². The molecule has 0 aromatic heterocycles. The van der Waals surface area contributed by atoms with Gasteiger partial charge in [0.2, 0.25) is 5.91 Å². The molecule has 0 atom stereocenters. The van der Waals surface area contributed by atoms with Crippen molar-refractivity contribution >= 4 is 35.8 Å². The number of ether oxygens (including phenoxy) is 2. The second-order valence-electron chi connectivity index (χ2n) is 7.46. The van der Waals surface area contributed by atoms with E-state index < -0.39 is 0 Å². The lowest BCUT2D eigenvalue weighted by atomic mass is 10.1. The molecule has 1 amide bonds. The molecule has 170 valence electrons. The van der Waals surface area contributed by atoms with E-state index in [1.54, 1.807) is 14.2 Å². The van der Waals surface area contributed by atoms with Gasteiger partial charge in [-0.3, -0.25) is 9.79 Å². The van der Waals surface area contributed by atoms with E-state index in [1.807, 2.05) is 6.07 Å². The first-order valence-corrected chi connectivity index (χ1v) is 10.6. The number of aryl methyl sites for hydroxylation is 1. The fourth-order valence-corrected chi connectivity index (χ4v) is 3.39. The Morgan fingerprint density at radius 1 is 1.20 bits per heavy atom. The minimum atomic E-state index is 0. The Balaban J connectivity index is 0.00000450. The second-order valence-corrected chi connectivity index (χ2v) is 7.46. The molecular formula is C22H37IN4O3. The monoisotopic (exact) mass is 532 g/mol. The van der Waals surface area contributed by atoms with E-state index in [0.29, 0.717) is 44.7 Å². The average Bonchev–Trinajstić information content (AvgIpc) is 3.22. The molecule has 0 bridgehead atoms. The molecule has 0 heterocycles. The summed E-state index contributed by atoms with van der Waals surface area (Å²) in [5, 5.41) is 9.61. The normalized spacial score (nSPS) is 14.2. The second kappa shape index (κ2) is 15.3. The third kappa shape index (κ3) is 9.97. The molecule has 0 aliphatic heterocycles. The topological polar surface area (TPSA) is 84.0 Å². The molecule has 8 heteroatoms. The zero-order chi connectivity index (χ0) is 20.9. The van der Waals surface area contributed by atoms with Crippen LogP contribution in [0.4, 0.5) is 0 Å². The van der Waals surface area contributed by atoms with Gasteiger partial charge in [0, 0.05) is 58.3 Å². The Labute approximate surface area is 197 Å². The van der Waals surface area contributed by atoms with Gasteiger partial charge in [-0.15, -0.1) is 24.0 Å². The van der Waals surface area contributed by atoms with E-state index >= 15 is 0 Å². The highest BCUT2D eigenvalue weighted by atomic mass is 127. The molecule has 30 heavy (non-hydrogen) atoms. The number of hydrogen-bond acceptors (Lipinski definition) is 4. The molecule has 3 N–H and O–H groups in total. The van der Waals surface area contributed by atoms with Crippen molar-refractivity contribution < 1.29 is 14.3 Å². The number of benzene rings is 1. The summed E-state index contributed by atoms with van der Waals surface area (Å²) >= 11 is 0. The molecule has 7 nitrogen and oxygen atoms in total. The number of carbonyl (C=O) groups excluding carboxylic acids is 1. The molecule has 1 aromatic carbocycles. The highest BCUT2D eigenvalue weighted by Gasteiger charge is 2.16. The van der Waals surface area contributed by atoms with Gasteiger partial charge in [0.05, 0.1) is 6.61 Å². The van der Waals surface area contributed by atoms with Crippen LogP contribution in [0.1, 0.15) is 49.7 Å². The van der Waals surface area contributed by atoms with E-state index in [2.05, 4.69) is 40.0 Å². The molecule has 0 unspecified atom stereocenters. The molecule has 1 saturated carbocycles. The van der Waals surface area contributed by atoms with Crippen molar-refractivity contribution in [2.24, 2.45) is 4.99 Å². The van der Waals surface area contributed by atoms with Crippen LogP contribution in [-0.4, -0.2) is 51.8 Å². The summed E-state index contributed by atoms with van der Waals surface area (Å²) in [6.45, 7) is 4.49. The van der Waals surface area contributed by atoms with Crippen LogP contribution in [0, 0.1) is 6.92 Å². The molecule has 1 aliphatic rings. The zero-order valence-electron chi connectivity index (χ0n) is 18.5. The zero-order valence-corrected chi connectivity index (χ0v) is 20.8. The standard InChI is InChI=1S/C22H36N4O3.HI/c1-17-9-10-18(20(15-17)29-14-6-13-28-3)16-25-22(23-2)24-12-11-21(27)26-19-7-4-5-8-19;/h9-10,15,19H,4-8,11-14,16H2,1-3H3,(H,26,27)(H2,23,24,25);1H. The Morgan fingerprint density at radius 2 is 1.97 bits per heavy atom. The first-order valence-electron chi connectivity index (χ1n) is 10.6. The summed E-state index contributed by atoms with van der Waals surface area (Å²) in [5.74, 6) is 1.65. The Morgan fingerprint density at radius 3 is 2.67 bits per heavy atom. The van der Waals surface area contributed by atoms with E-state index in [-0.39, 0.29) is 29.9 Å². The summed E-state index contributed by atoms with van der Waals surface area (Å²) < 4.78 is 11.0. The van der Waals surface area contributed by atoms with E-state index in [4.69, 9.17) is 9.47 Å². The number of amides is 1. The van der Waals surface area contributed by atoms with Gasteiger partial charge in [-0.25, -0.2) is 0 Å². The average molecular weight is 532 g/mol. The van der Waals surface area contributed by atoms with E-state index in [9.17, 15) is 4.79 Å². The lowest BCUT2D eigenvalue weighted by Gasteiger charge is -2.16. The Bertz CT molecular complexity index is 664. The van der Waals surface area contributed by atoms with Crippen molar-refractivity contribution in [1.29, 1.82) is 0 Å². The smallest absolute Gasteiger partial charge is 0.221 e. The quantitative estimate of drug-likeness (QED) is 0.177. The van der Waals surface area contributed by atoms with Gasteiger partial charge in [0.25, 0.3) is 0 Å². The fourth-order valence-electron chi connectivity index (χ4n) is 3.39. The molecule has 0 spiro atoms. The SMILES string of the molecule is CN=C(NCCC(=O)NC1CCCC1)NCc1ccc(C)cc1OCCCOC.I. The molecular weight excluding hydrogens is 495 g/mol. The van der Waals surface area contributed by atoms with Gasteiger partial charge in [0.15, 0.2) is 5.96 Å². The highest BCUT2D eigenvalue weighted by molar-refractivity contribution is 14.0. The van der Waals surface area contributed by atoms with Crippen LogP contribution in [0.3, 0.4) is 0 Å². The van der Waals surface area contributed by atoms with Gasteiger partial charge < -0.3 is 25.4 Å². The van der Waals surface area contributed by atoms with Crippen LogP contribution in [0.2, 0.25) is 0 Å². The summed E-state index contributed by atoms with van der Waals surface area (Å²) in [6, 6.07) is 6.55. The number of nitrogens with one attached hydrogen (secondary N) is 3. The van der Waals surface area contributed by atoms with Gasteiger partial charge in [-0.05, 0) is 31.4 Å². The largest absolute Gasteiger partial charge is 0.493 e. The van der Waals surface area contributed by atoms with Crippen LogP contribution in [0.25, 0.3) is 0 Å². The van der Waals surface area contributed by atoms with Crippen molar-refractivity contribution in [3.8, 4) is 5.75 Å². The van der Waals surface area contributed by atoms with Gasteiger partial charge in [0.1, 0.15) is 5.75 Å². The van der Waals surface area contributed by atoms with Gasteiger partial charge in [-0.1, -0.05) is 25.0 Å². The minimum absolute atomic E-state index is 0. The van der Waals surface area contributed by atoms with E-state index in [1.165, 1.54) is 12.8 Å². The number of carbonyl (C=O) groups is 1. The number of methoxy groups -OCH3 is 1. The number of guanidine groups is 1. The van der Waals surface area contributed by atoms with Crippen molar-refractivity contribution in [3.63, 3.8) is 0 Å². The van der Waals surface area contributed by atoms with Crippen molar-refractivity contribution in [2.75, 3.05) is 33.9 Å². The van der Waals surface area contributed by atoms with Gasteiger partial charge in [-0.2, -0.15) is 0 Å². The van der Waals surface area contributed by atoms with Crippen LogP contribution in [0.15, 0.2) is 23.2 Å². The van der Waals surface area contributed by atoms with Crippen LogP contribution in [-0.2, 0) is 16.1 Å². The number of nitrogens with zero attached hydrogens (tertiary/aromatic N) is 1. The maximum absolute atomic E-state index is 12.0. The van der Waals surface area contributed by atoms with Crippen molar-refractivity contribution in [2.45, 2.75) is 58.0 Å². The van der Waals surface area contributed by atoms with Crippen LogP contribution >= 0.6 is 24.0 Å². The number of rotatable bonds is 11. The number of halogens is 1. The van der Waals surface area contributed by atoms with Crippen LogP contribution in [0.5, 0.6) is 5.75 Å². The summed E-state index contributed by atoms with van der Waals surface area (Å²) in [4.78, 5) is 16.3. The molecule has 0 saturated heterocycles. The third-order valence-electron chi connectivity index (χ3n) is 5.01. The first-order chi connectivity index (χ1) is 14.1. The molecule has 2 rings (SSSR count). The summed E-state index contributed by atoms with van der Waals surface area (Å²) in [6.07, 6.45) is 5.94.